The van der Waals surface area contributed by atoms with E-state index in [9.17, 15) is 4.79 Å². The molecule has 2 rings (SSSR count). The van der Waals surface area contributed by atoms with Gasteiger partial charge in [0.2, 0.25) is 0 Å². The third-order valence-electron chi connectivity index (χ3n) is 3.52. The van der Waals surface area contributed by atoms with Crippen molar-refractivity contribution in [2.45, 2.75) is 33.7 Å². The highest BCUT2D eigenvalue weighted by atomic mass is 16.1. The quantitative estimate of drug-likeness (QED) is 0.867. The molecule has 0 bridgehead atoms. The molecule has 102 valence electrons. The minimum atomic E-state index is -0.0721. The molecule has 0 atom stereocenters. The first kappa shape index (κ1) is 13.7. The fourth-order valence-electron chi connectivity index (χ4n) is 1.86. The summed E-state index contributed by atoms with van der Waals surface area (Å²) in [5, 5.41) is 3.99. The van der Waals surface area contributed by atoms with Gasteiger partial charge in [-0.25, -0.2) is 4.98 Å². The Hall–Kier alpha value is -1.68. The molecule has 0 radical (unpaired) electrons. The molecular formula is C15H21N3O. The Kier molecular flexibility index (Phi) is 4.00. The number of aromatic nitrogens is 2. The number of H-pyrrole nitrogens is 1. The van der Waals surface area contributed by atoms with Gasteiger partial charge in [0.25, 0.3) is 5.56 Å². The second kappa shape index (κ2) is 5.53. The lowest BCUT2D eigenvalue weighted by atomic mass is 9.90. The van der Waals surface area contributed by atoms with Gasteiger partial charge in [0.1, 0.15) is 5.82 Å². The maximum atomic E-state index is 11.9. The maximum Gasteiger partial charge on any atom is 0.258 e. The third kappa shape index (κ3) is 3.41. The van der Waals surface area contributed by atoms with Crippen molar-refractivity contribution in [1.82, 2.24) is 15.3 Å². The number of para-hydroxylation sites is 1. The summed E-state index contributed by atoms with van der Waals surface area (Å²) in [6.45, 7) is 8.11. The van der Waals surface area contributed by atoms with E-state index in [1.165, 1.54) is 0 Å². The largest absolute Gasteiger partial charge is 0.309 e. The average molecular weight is 259 g/mol. The van der Waals surface area contributed by atoms with Crippen molar-refractivity contribution in [2.75, 3.05) is 6.54 Å². The van der Waals surface area contributed by atoms with Crippen LogP contribution >= 0.6 is 0 Å². The molecule has 0 saturated heterocycles. The monoisotopic (exact) mass is 259 g/mol. The van der Waals surface area contributed by atoms with Gasteiger partial charge in [-0.15, -0.1) is 0 Å². The highest BCUT2D eigenvalue weighted by Gasteiger charge is 2.14. The summed E-state index contributed by atoms with van der Waals surface area (Å²) < 4.78 is 0. The molecule has 1 heterocycles. The zero-order valence-corrected chi connectivity index (χ0v) is 11.8. The van der Waals surface area contributed by atoms with Crippen LogP contribution in [0.3, 0.4) is 0 Å². The Balaban J connectivity index is 2.12. The highest BCUT2D eigenvalue weighted by molar-refractivity contribution is 5.77. The first-order valence-corrected chi connectivity index (χ1v) is 6.70. The molecule has 2 N–H and O–H groups in total. The first-order chi connectivity index (χ1) is 9.02. The Bertz CT molecular complexity index is 616. The lowest BCUT2D eigenvalue weighted by Gasteiger charge is -2.22. The molecule has 4 nitrogen and oxygen atoms in total. The zero-order chi connectivity index (χ0) is 13.9. The molecule has 0 saturated carbocycles. The van der Waals surface area contributed by atoms with Crippen LogP contribution in [0.15, 0.2) is 29.1 Å². The van der Waals surface area contributed by atoms with Gasteiger partial charge in [-0.3, -0.25) is 4.79 Å². The number of hydrogen-bond donors (Lipinski definition) is 2. The number of aromatic amines is 1. The fourth-order valence-corrected chi connectivity index (χ4v) is 1.86. The Labute approximate surface area is 113 Å². The molecule has 4 heteroatoms. The van der Waals surface area contributed by atoms with Gasteiger partial charge < -0.3 is 10.3 Å². The van der Waals surface area contributed by atoms with Crippen LogP contribution in [0.1, 0.15) is 33.0 Å². The van der Waals surface area contributed by atoms with Crippen LogP contribution in [0.25, 0.3) is 10.9 Å². The van der Waals surface area contributed by atoms with Crippen LogP contribution in [0.5, 0.6) is 0 Å². The maximum absolute atomic E-state index is 11.9. The molecule has 0 amide bonds. The zero-order valence-electron chi connectivity index (χ0n) is 11.8. The van der Waals surface area contributed by atoms with Crippen molar-refractivity contribution >= 4 is 10.9 Å². The van der Waals surface area contributed by atoms with E-state index in [1.54, 1.807) is 6.07 Å². The van der Waals surface area contributed by atoms with Crippen molar-refractivity contribution in [3.63, 3.8) is 0 Å². The molecule has 1 aromatic carbocycles. The van der Waals surface area contributed by atoms with Crippen molar-refractivity contribution < 1.29 is 0 Å². The average Bonchev–Trinajstić information content (AvgIpc) is 2.39. The molecule has 19 heavy (non-hydrogen) atoms. The molecule has 0 aliphatic heterocycles. The number of nitrogens with zero attached hydrogens (tertiary/aromatic N) is 1. The van der Waals surface area contributed by atoms with E-state index < -0.39 is 0 Å². The van der Waals surface area contributed by atoms with Crippen molar-refractivity contribution in [3.8, 4) is 0 Å². The van der Waals surface area contributed by atoms with Gasteiger partial charge in [0.05, 0.1) is 17.4 Å². The molecular weight excluding hydrogens is 238 g/mol. The Morgan fingerprint density at radius 3 is 2.79 bits per heavy atom. The standard InChI is InChI=1S/C15H21N3O/c1-4-15(2,3)10-16-9-13-17-12-8-6-5-7-11(12)14(19)18-13/h5-8,16H,4,9-10H2,1-3H3,(H,17,18,19). The topological polar surface area (TPSA) is 57.8 Å². The van der Waals surface area contributed by atoms with Crippen molar-refractivity contribution in [1.29, 1.82) is 0 Å². The molecule has 0 aliphatic rings. The van der Waals surface area contributed by atoms with Crippen LogP contribution in [0.2, 0.25) is 0 Å². The minimum absolute atomic E-state index is 0.0721. The SMILES string of the molecule is CCC(C)(C)CNCc1nc2ccccc2c(=O)[nH]1. The van der Waals surface area contributed by atoms with Crippen LogP contribution in [0, 0.1) is 5.41 Å². The van der Waals surface area contributed by atoms with E-state index >= 15 is 0 Å². The molecule has 0 unspecified atom stereocenters. The van der Waals surface area contributed by atoms with Crippen LogP contribution in [0.4, 0.5) is 0 Å². The predicted molar refractivity (Wildman–Crippen MR) is 78.1 cm³/mol. The predicted octanol–water partition coefficient (Wildman–Crippen LogP) is 2.45. The van der Waals surface area contributed by atoms with Gasteiger partial charge in [0.15, 0.2) is 0 Å². The highest BCUT2D eigenvalue weighted by Crippen LogP contribution is 2.17. The van der Waals surface area contributed by atoms with E-state index in [-0.39, 0.29) is 11.0 Å². The van der Waals surface area contributed by atoms with E-state index in [4.69, 9.17) is 0 Å². The van der Waals surface area contributed by atoms with Crippen LogP contribution < -0.4 is 10.9 Å². The Morgan fingerprint density at radius 2 is 2.05 bits per heavy atom. The van der Waals surface area contributed by atoms with Crippen LogP contribution in [-0.2, 0) is 6.54 Å². The second-order valence-electron chi connectivity index (χ2n) is 5.65. The summed E-state index contributed by atoms with van der Waals surface area (Å²) in [4.78, 5) is 19.2. The number of benzene rings is 1. The van der Waals surface area contributed by atoms with Crippen molar-refractivity contribution in [2.24, 2.45) is 5.41 Å². The normalized spacial score (nSPS) is 11.9. The molecule has 0 aliphatic carbocycles. The summed E-state index contributed by atoms with van der Waals surface area (Å²) in [6, 6.07) is 7.40. The minimum Gasteiger partial charge on any atom is -0.309 e. The third-order valence-corrected chi connectivity index (χ3v) is 3.52. The van der Waals surface area contributed by atoms with Gasteiger partial charge in [0, 0.05) is 6.54 Å². The van der Waals surface area contributed by atoms with Crippen LogP contribution in [-0.4, -0.2) is 16.5 Å². The summed E-state index contributed by atoms with van der Waals surface area (Å²) >= 11 is 0. The smallest absolute Gasteiger partial charge is 0.258 e. The van der Waals surface area contributed by atoms with Crippen molar-refractivity contribution in [3.05, 3.63) is 40.4 Å². The second-order valence-corrected chi connectivity index (χ2v) is 5.65. The van der Waals surface area contributed by atoms with E-state index in [1.807, 2.05) is 18.2 Å². The molecule has 0 fully saturated rings. The summed E-state index contributed by atoms with van der Waals surface area (Å²) in [6.07, 6.45) is 1.11. The van der Waals surface area contributed by atoms with Gasteiger partial charge in [-0.1, -0.05) is 32.9 Å². The van der Waals surface area contributed by atoms with E-state index in [2.05, 4.69) is 36.1 Å². The number of rotatable bonds is 5. The number of hydrogen-bond acceptors (Lipinski definition) is 3. The van der Waals surface area contributed by atoms with Gasteiger partial charge >= 0.3 is 0 Å². The Morgan fingerprint density at radius 1 is 1.32 bits per heavy atom. The fraction of sp³-hybridized carbons (Fsp3) is 0.467. The number of fused-ring (bicyclic) bond motifs is 1. The number of nitrogens with one attached hydrogen (secondary N) is 2. The summed E-state index contributed by atoms with van der Waals surface area (Å²) in [5.41, 5.74) is 0.937. The van der Waals surface area contributed by atoms with E-state index in [0.29, 0.717) is 17.8 Å². The first-order valence-electron chi connectivity index (χ1n) is 6.70. The van der Waals surface area contributed by atoms with E-state index in [0.717, 1.165) is 18.5 Å². The van der Waals surface area contributed by atoms with Gasteiger partial charge in [-0.05, 0) is 24.0 Å². The molecule has 2 aromatic rings. The summed E-state index contributed by atoms with van der Waals surface area (Å²) in [5.74, 6) is 0.690. The molecule has 0 spiro atoms. The van der Waals surface area contributed by atoms with Gasteiger partial charge in [-0.2, -0.15) is 0 Å². The lowest BCUT2D eigenvalue weighted by molar-refractivity contribution is 0.326. The summed E-state index contributed by atoms with van der Waals surface area (Å²) in [7, 11) is 0. The molecule has 1 aromatic heterocycles. The lowest BCUT2D eigenvalue weighted by Crippen LogP contribution is -2.29.